The maximum absolute atomic E-state index is 13.9. The molecule has 1 heterocycles. The molecule has 34 heavy (non-hydrogen) atoms. The van der Waals surface area contributed by atoms with Gasteiger partial charge in [0.1, 0.15) is 24.1 Å². The smallest absolute Gasteiger partial charge is 0.180 e. The van der Waals surface area contributed by atoms with Crippen molar-refractivity contribution in [1.29, 1.82) is 5.26 Å². The summed E-state index contributed by atoms with van der Waals surface area (Å²) < 4.78 is 30.6. The maximum Gasteiger partial charge on any atom is 0.180 e. The Kier molecular flexibility index (Phi) is 8.79. The van der Waals surface area contributed by atoms with Gasteiger partial charge in [-0.3, -0.25) is 5.43 Å². The Morgan fingerprint density at radius 1 is 1.18 bits per heavy atom. The lowest BCUT2D eigenvalue weighted by molar-refractivity contribution is 0.184. The topological polar surface area (TPSA) is 88.8 Å². The van der Waals surface area contributed by atoms with E-state index in [0.29, 0.717) is 46.2 Å². The number of nitrogens with one attached hydrogen (secondary N) is 1. The normalized spacial score (nSPS) is 10.8. The largest absolute Gasteiger partial charge is 0.490 e. The number of pyridine rings is 1. The first-order valence-electron chi connectivity index (χ1n) is 10.5. The average molecular weight is 483 g/mol. The van der Waals surface area contributed by atoms with Crippen LogP contribution in [-0.2, 0) is 18.0 Å². The number of anilines is 1. The SMILES string of the molecule is CCOc1cc(/C=N\Nc2nc(C)cc(COC)c2C#N)cc(Cl)c1OCc1ccccc1F. The summed E-state index contributed by atoms with van der Waals surface area (Å²) in [6.07, 6.45) is 1.52. The first-order valence-corrected chi connectivity index (χ1v) is 10.9. The highest BCUT2D eigenvalue weighted by atomic mass is 35.5. The van der Waals surface area contributed by atoms with Crippen molar-refractivity contribution in [1.82, 2.24) is 4.98 Å². The van der Waals surface area contributed by atoms with E-state index in [2.05, 4.69) is 21.6 Å². The second kappa shape index (κ2) is 12.0. The van der Waals surface area contributed by atoms with Crippen molar-refractivity contribution in [3.8, 4) is 17.6 Å². The molecule has 7 nitrogen and oxygen atoms in total. The zero-order chi connectivity index (χ0) is 24.5. The molecular weight excluding hydrogens is 459 g/mol. The summed E-state index contributed by atoms with van der Waals surface area (Å²) in [5.41, 5.74) is 5.64. The number of rotatable bonds is 10. The van der Waals surface area contributed by atoms with E-state index in [1.54, 1.807) is 43.5 Å². The van der Waals surface area contributed by atoms with Crippen molar-refractivity contribution in [3.63, 3.8) is 0 Å². The number of hydrogen-bond acceptors (Lipinski definition) is 7. The van der Waals surface area contributed by atoms with Crippen LogP contribution >= 0.6 is 11.6 Å². The number of halogens is 2. The summed E-state index contributed by atoms with van der Waals surface area (Å²) in [5.74, 6) is 0.683. The summed E-state index contributed by atoms with van der Waals surface area (Å²) >= 11 is 6.45. The van der Waals surface area contributed by atoms with E-state index in [1.165, 1.54) is 12.3 Å². The second-order valence-corrected chi connectivity index (χ2v) is 7.61. The molecule has 0 spiro atoms. The molecule has 3 aromatic rings. The highest BCUT2D eigenvalue weighted by Gasteiger charge is 2.14. The summed E-state index contributed by atoms with van der Waals surface area (Å²) in [6.45, 7) is 4.32. The van der Waals surface area contributed by atoms with Gasteiger partial charge in [0.2, 0.25) is 0 Å². The van der Waals surface area contributed by atoms with Crippen LogP contribution in [-0.4, -0.2) is 24.9 Å². The highest BCUT2D eigenvalue weighted by molar-refractivity contribution is 6.32. The molecule has 3 rings (SSSR count). The van der Waals surface area contributed by atoms with Crippen molar-refractivity contribution in [3.05, 3.63) is 81.3 Å². The Balaban J connectivity index is 1.82. The molecule has 0 saturated heterocycles. The lowest BCUT2D eigenvalue weighted by Crippen LogP contribution is -2.04. The van der Waals surface area contributed by atoms with Gasteiger partial charge in [0.05, 0.1) is 24.5 Å². The molecule has 0 aliphatic carbocycles. The number of nitriles is 1. The van der Waals surface area contributed by atoms with E-state index in [1.807, 2.05) is 13.8 Å². The van der Waals surface area contributed by atoms with E-state index in [0.717, 1.165) is 5.69 Å². The van der Waals surface area contributed by atoms with Gasteiger partial charge in [-0.2, -0.15) is 10.4 Å². The maximum atomic E-state index is 13.9. The Bertz CT molecular complexity index is 1230. The van der Waals surface area contributed by atoms with Crippen LogP contribution in [0.1, 0.15) is 34.9 Å². The zero-order valence-electron chi connectivity index (χ0n) is 19.1. The van der Waals surface area contributed by atoms with Crippen LogP contribution in [0.15, 0.2) is 47.6 Å². The fourth-order valence-corrected chi connectivity index (χ4v) is 3.49. The number of methoxy groups -OCH3 is 1. The molecule has 176 valence electrons. The molecule has 0 saturated carbocycles. The van der Waals surface area contributed by atoms with Gasteiger partial charge in [-0.15, -0.1) is 0 Å². The van der Waals surface area contributed by atoms with E-state index >= 15 is 0 Å². The lowest BCUT2D eigenvalue weighted by Gasteiger charge is -2.15. The number of benzene rings is 2. The minimum atomic E-state index is -0.360. The third-order valence-electron chi connectivity index (χ3n) is 4.69. The molecule has 0 bridgehead atoms. The van der Waals surface area contributed by atoms with Gasteiger partial charge in [-0.1, -0.05) is 29.8 Å². The molecule has 1 aromatic heterocycles. The predicted molar refractivity (Wildman–Crippen MR) is 129 cm³/mol. The van der Waals surface area contributed by atoms with E-state index in [9.17, 15) is 9.65 Å². The second-order valence-electron chi connectivity index (χ2n) is 7.20. The summed E-state index contributed by atoms with van der Waals surface area (Å²) in [4.78, 5) is 4.35. The molecular formula is C25H24ClFN4O3. The van der Waals surface area contributed by atoms with E-state index in [-0.39, 0.29) is 24.1 Å². The quantitative estimate of drug-likeness (QED) is 0.298. The fourth-order valence-electron chi connectivity index (χ4n) is 3.21. The fraction of sp³-hybridized carbons (Fsp3) is 0.240. The third-order valence-corrected chi connectivity index (χ3v) is 4.97. The molecule has 0 aliphatic rings. The number of hydrazone groups is 1. The van der Waals surface area contributed by atoms with E-state index < -0.39 is 0 Å². The minimum Gasteiger partial charge on any atom is -0.490 e. The predicted octanol–water partition coefficient (Wildman–Crippen LogP) is 5.62. The van der Waals surface area contributed by atoms with Crippen molar-refractivity contribution in [2.45, 2.75) is 27.1 Å². The first kappa shape index (κ1) is 25.0. The van der Waals surface area contributed by atoms with Gasteiger partial charge in [-0.05, 0) is 43.7 Å². The molecule has 9 heteroatoms. The van der Waals surface area contributed by atoms with Gasteiger partial charge in [0.15, 0.2) is 17.3 Å². The Labute approximate surface area is 202 Å². The minimum absolute atomic E-state index is 0.00122. The van der Waals surface area contributed by atoms with Crippen LogP contribution in [0.4, 0.5) is 10.2 Å². The van der Waals surface area contributed by atoms with Gasteiger partial charge < -0.3 is 14.2 Å². The van der Waals surface area contributed by atoms with Crippen LogP contribution < -0.4 is 14.9 Å². The molecule has 1 N–H and O–H groups in total. The van der Waals surface area contributed by atoms with Crippen LogP contribution in [0.5, 0.6) is 11.5 Å². The Morgan fingerprint density at radius 2 is 1.97 bits per heavy atom. The number of nitrogens with zero attached hydrogens (tertiary/aromatic N) is 3. The molecule has 0 amide bonds. The average Bonchev–Trinajstić information content (AvgIpc) is 2.80. The molecule has 0 aliphatic heterocycles. The molecule has 0 unspecified atom stereocenters. The number of ether oxygens (including phenoxy) is 3. The monoisotopic (exact) mass is 482 g/mol. The van der Waals surface area contributed by atoms with Crippen molar-refractivity contribution in [2.75, 3.05) is 19.1 Å². The molecule has 0 radical (unpaired) electrons. The molecule has 0 fully saturated rings. The Morgan fingerprint density at radius 3 is 2.68 bits per heavy atom. The zero-order valence-corrected chi connectivity index (χ0v) is 19.8. The molecule has 0 atom stereocenters. The van der Waals surface area contributed by atoms with Crippen LogP contribution in [0.25, 0.3) is 0 Å². The van der Waals surface area contributed by atoms with Crippen molar-refractivity contribution < 1.29 is 18.6 Å². The van der Waals surface area contributed by atoms with Crippen LogP contribution in [0.3, 0.4) is 0 Å². The standard InChI is InChI=1S/C25H24ClFN4O3/c1-4-33-23-11-17(10-21(26)24(23)34-15-18-7-5-6-8-22(18)27)13-29-31-25-20(12-28)19(14-32-3)9-16(2)30-25/h5-11,13H,4,14-15H2,1-3H3,(H,30,31)/b29-13-. The summed E-state index contributed by atoms with van der Waals surface area (Å²) in [5, 5.41) is 14.0. The molecule has 2 aromatic carbocycles. The lowest BCUT2D eigenvalue weighted by atomic mass is 10.1. The third kappa shape index (κ3) is 6.22. The number of aromatic nitrogens is 1. The number of aryl methyl sites for hydroxylation is 1. The van der Waals surface area contributed by atoms with Crippen LogP contribution in [0.2, 0.25) is 5.02 Å². The van der Waals surface area contributed by atoms with Gasteiger partial charge in [0.25, 0.3) is 0 Å². The van der Waals surface area contributed by atoms with Gasteiger partial charge >= 0.3 is 0 Å². The summed E-state index contributed by atoms with van der Waals surface area (Å²) in [6, 6.07) is 13.7. The Hall–Kier alpha value is -3.67. The first-order chi connectivity index (χ1) is 16.5. The van der Waals surface area contributed by atoms with E-state index in [4.69, 9.17) is 25.8 Å². The van der Waals surface area contributed by atoms with Crippen molar-refractivity contribution in [2.24, 2.45) is 5.10 Å². The van der Waals surface area contributed by atoms with Gasteiger partial charge in [0, 0.05) is 23.9 Å². The summed E-state index contributed by atoms with van der Waals surface area (Å²) in [7, 11) is 1.56. The van der Waals surface area contributed by atoms with Crippen LogP contribution in [0, 0.1) is 24.1 Å². The van der Waals surface area contributed by atoms with Gasteiger partial charge in [-0.25, -0.2) is 9.37 Å². The highest BCUT2D eigenvalue weighted by Crippen LogP contribution is 2.37. The number of hydrogen-bond donors (Lipinski definition) is 1. The van der Waals surface area contributed by atoms with Crippen molar-refractivity contribution >= 4 is 23.6 Å².